The number of hydrogen-bond acceptors (Lipinski definition) is 5. The highest BCUT2D eigenvalue weighted by molar-refractivity contribution is 7.14. The first-order chi connectivity index (χ1) is 14.2. The molecule has 0 spiro atoms. The van der Waals surface area contributed by atoms with Gasteiger partial charge in [-0.25, -0.2) is 4.39 Å². The minimum Gasteiger partial charge on any atom is -0.416 e. The second kappa shape index (κ2) is 8.09. The zero-order chi connectivity index (χ0) is 21.7. The van der Waals surface area contributed by atoms with E-state index >= 15 is 0 Å². The molecule has 2 heterocycles. The van der Waals surface area contributed by atoms with Crippen molar-refractivity contribution in [3.05, 3.63) is 52.1 Å². The van der Waals surface area contributed by atoms with Gasteiger partial charge in [-0.05, 0) is 48.5 Å². The van der Waals surface area contributed by atoms with Crippen LogP contribution in [0, 0.1) is 11.7 Å². The lowest BCUT2D eigenvalue weighted by atomic mass is 9.95. The second-order valence-electron chi connectivity index (χ2n) is 6.63. The maximum Gasteiger partial charge on any atom is 0.308 e. The van der Waals surface area contributed by atoms with Crippen LogP contribution in [0.5, 0.6) is 5.06 Å². The Hall–Kier alpha value is -1.76. The molecule has 1 fully saturated rings. The number of Topliss-reactive ketones (excluding diaryl/α,β-unsaturated/α-hetero) is 1. The molecule has 27 heavy (non-hydrogen) atoms. The molecule has 0 amide bonds. The van der Waals surface area contributed by atoms with Gasteiger partial charge in [0.15, 0.2) is 10.8 Å². The summed E-state index contributed by atoms with van der Waals surface area (Å²) in [7, 11) is 0. The van der Waals surface area contributed by atoms with Crippen LogP contribution in [-0.4, -0.2) is 23.2 Å². The summed E-state index contributed by atoms with van der Waals surface area (Å²) in [5.41, 5.74) is 0.752. The van der Waals surface area contributed by atoms with Crippen molar-refractivity contribution in [1.82, 2.24) is 4.90 Å². The molecule has 1 aliphatic carbocycles. The summed E-state index contributed by atoms with van der Waals surface area (Å²) in [5, 5.41) is 0.472. The van der Waals surface area contributed by atoms with E-state index in [1.807, 2.05) is 0 Å². The monoisotopic (exact) mass is 413 g/mol. The fourth-order valence-electron chi connectivity index (χ4n) is 3.31. The van der Waals surface area contributed by atoms with E-state index in [0.29, 0.717) is 24.6 Å². The summed E-state index contributed by atoms with van der Waals surface area (Å²) < 4.78 is 51.6. The van der Waals surface area contributed by atoms with Crippen LogP contribution in [-0.2, 0) is 22.6 Å². The molecule has 4 rings (SSSR count). The molecule has 1 aromatic heterocycles. The Kier molecular flexibility index (Phi) is 4.55. The molecular formula is C20H21ClFNO3S. The Labute approximate surface area is 173 Å². The number of halogens is 2. The van der Waals surface area contributed by atoms with Gasteiger partial charge in [0, 0.05) is 30.8 Å². The fourth-order valence-corrected chi connectivity index (χ4v) is 4.36. The standard InChI is InChI=1S/C20H20FNO3S.ClH/c1-12(23)25-18-10-15-11-22(8-7-17(15)26-18)19(20(24)13-5-6-13)14-3-2-4-16(21)9-14;/h2-4,9-10,13,19H,5-8,11H2,1H3;1H/i2D,3D,4D,9D;. The molecule has 1 aromatic carbocycles. The predicted octanol–water partition coefficient (Wildman–Crippen LogP) is 4.31. The van der Waals surface area contributed by atoms with Crippen LogP contribution >= 0.6 is 23.7 Å². The summed E-state index contributed by atoms with van der Waals surface area (Å²) in [5.74, 6) is -1.96. The van der Waals surface area contributed by atoms with E-state index in [9.17, 15) is 14.0 Å². The lowest BCUT2D eigenvalue weighted by Gasteiger charge is -2.34. The van der Waals surface area contributed by atoms with E-state index in [0.717, 1.165) is 23.3 Å². The van der Waals surface area contributed by atoms with Crippen LogP contribution in [0.15, 0.2) is 30.2 Å². The number of ether oxygens (including phenoxy) is 1. The lowest BCUT2D eigenvalue weighted by Crippen LogP contribution is -2.38. The Morgan fingerprint density at radius 3 is 2.89 bits per heavy atom. The zero-order valence-electron chi connectivity index (χ0n) is 18.6. The molecular weight excluding hydrogens is 389 g/mol. The maximum absolute atomic E-state index is 14.4. The van der Waals surface area contributed by atoms with Crippen LogP contribution in [0.2, 0.25) is 0 Å². The third-order valence-electron chi connectivity index (χ3n) is 4.62. The van der Waals surface area contributed by atoms with E-state index in [4.69, 9.17) is 10.2 Å². The smallest absolute Gasteiger partial charge is 0.308 e. The quantitative estimate of drug-likeness (QED) is 0.685. The Morgan fingerprint density at radius 2 is 2.19 bits per heavy atom. The van der Waals surface area contributed by atoms with Crippen LogP contribution in [0.25, 0.3) is 0 Å². The van der Waals surface area contributed by atoms with Crippen molar-refractivity contribution in [2.24, 2.45) is 5.92 Å². The topological polar surface area (TPSA) is 46.6 Å². The highest BCUT2D eigenvalue weighted by atomic mass is 35.5. The van der Waals surface area contributed by atoms with Crippen LogP contribution in [0.4, 0.5) is 4.39 Å². The number of carbonyl (C=O) groups excluding carboxylic acids is 2. The van der Waals surface area contributed by atoms with Gasteiger partial charge >= 0.3 is 5.97 Å². The minimum absolute atomic E-state index is 0. The number of rotatable bonds is 5. The Bertz CT molecular complexity index is 1030. The predicted molar refractivity (Wildman–Crippen MR) is 104 cm³/mol. The second-order valence-corrected chi connectivity index (χ2v) is 7.73. The van der Waals surface area contributed by atoms with Crippen molar-refractivity contribution in [3.8, 4) is 5.06 Å². The molecule has 0 bridgehead atoms. The number of esters is 1. The number of benzene rings is 1. The molecule has 1 unspecified atom stereocenters. The highest BCUT2D eigenvalue weighted by Gasteiger charge is 2.39. The molecule has 0 radical (unpaired) electrons. The summed E-state index contributed by atoms with van der Waals surface area (Å²) in [6.07, 6.45) is 2.02. The van der Waals surface area contributed by atoms with Crippen LogP contribution < -0.4 is 4.74 Å². The number of nitrogens with zero attached hydrogens (tertiary/aromatic N) is 1. The molecule has 1 aliphatic heterocycles. The molecule has 2 aliphatic rings. The van der Waals surface area contributed by atoms with Gasteiger partial charge in [0.2, 0.25) is 0 Å². The van der Waals surface area contributed by atoms with Gasteiger partial charge in [-0.3, -0.25) is 14.5 Å². The zero-order valence-corrected chi connectivity index (χ0v) is 16.3. The molecule has 0 N–H and O–H groups in total. The number of ketones is 1. The van der Waals surface area contributed by atoms with Gasteiger partial charge in [-0.2, -0.15) is 0 Å². The van der Waals surface area contributed by atoms with Gasteiger partial charge < -0.3 is 4.74 Å². The van der Waals surface area contributed by atoms with Crippen molar-refractivity contribution < 1.29 is 24.2 Å². The maximum atomic E-state index is 14.4. The summed E-state index contributed by atoms with van der Waals surface area (Å²) in [4.78, 5) is 27.3. The third kappa shape index (κ3) is 4.39. The van der Waals surface area contributed by atoms with Gasteiger partial charge in [-0.1, -0.05) is 12.1 Å². The van der Waals surface area contributed by atoms with Gasteiger partial charge in [0.1, 0.15) is 5.82 Å². The van der Waals surface area contributed by atoms with E-state index in [1.54, 1.807) is 11.0 Å². The SMILES string of the molecule is Cl.[2H]c1c([2H])c(F)c([2H])c(C(C(=O)C2CC2)N2CCc3sc(OC(C)=O)cc3C2)c1[2H]. The number of hydrogen-bond donors (Lipinski definition) is 0. The van der Waals surface area contributed by atoms with E-state index in [-0.39, 0.29) is 29.7 Å². The molecule has 2 aromatic rings. The van der Waals surface area contributed by atoms with Crippen molar-refractivity contribution in [1.29, 1.82) is 0 Å². The molecule has 7 heteroatoms. The van der Waals surface area contributed by atoms with Gasteiger partial charge in [0.25, 0.3) is 0 Å². The lowest BCUT2D eigenvalue weighted by molar-refractivity contribution is -0.131. The van der Waals surface area contributed by atoms with Gasteiger partial charge in [0.05, 0.1) is 11.5 Å². The molecule has 1 atom stereocenters. The van der Waals surface area contributed by atoms with Crippen LogP contribution in [0.1, 0.15) is 47.3 Å². The Balaban J connectivity index is 0.00000272. The normalized spacial score (nSPS) is 19.6. The molecule has 0 saturated heterocycles. The first-order valence-corrected chi connectivity index (χ1v) is 9.34. The van der Waals surface area contributed by atoms with Crippen molar-refractivity contribution in [3.63, 3.8) is 0 Å². The first-order valence-electron chi connectivity index (χ1n) is 10.5. The molecule has 1 saturated carbocycles. The number of fused-ring (bicyclic) bond motifs is 1. The first kappa shape index (κ1) is 15.2. The van der Waals surface area contributed by atoms with Crippen molar-refractivity contribution in [2.45, 2.75) is 38.8 Å². The van der Waals surface area contributed by atoms with Gasteiger partial charge in [-0.15, -0.1) is 23.7 Å². The van der Waals surface area contributed by atoms with E-state index in [1.165, 1.54) is 18.3 Å². The summed E-state index contributed by atoms with van der Waals surface area (Å²) >= 11 is 1.37. The van der Waals surface area contributed by atoms with E-state index < -0.39 is 42.0 Å². The number of carbonyl (C=O) groups is 2. The summed E-state index contributed by atoms with van der Waals surface area (Å²) in [6.45, 7) is 2.10. The third-order valence-corrected chi connectivity index (χ3v) is 5.73. The van der Waals surface area contributed by atoms with E-state index in [2.05, 4.69) is 0 Å². The average Bonchev–Trinajstić information content (AvgIpc) is 3.47. The molecule has 4 nitrogen and oxygen atoms in total. The molecule has 144 valence electrons. The highest BCUT2D eigenvalue weighted by Crippen LogP contribution is 2.40. The average molecular weight is 414 g/mol. The van der Waals surface area contributed by atoms with Crippen molar-refractivity contribution >= 4 is 35.5 Å². The fraction of sp³-hybridized carbons (Fsp3) is 0.400. The van der Waals surface area contributed by atoms with Crippen LogP contribution in [0.3, 0.4) is 0 Å². The number of thiophene rings is 1. The summed E-state index contributed by atoms with van der Waals surface area (Å²) in [6, 6.07) is -1.77. The largest absolute Gasteiger partial charge is 0.416 e. The minimum atomic E-state index is -1.18. The Morgan fingerprint density at radius 1 is 1.41 bits per heavy atom. The van der Waals surface area contributed by atoms with Crippen molar-refractivity contribution in [2.75, 3.05) is 6.54 Å².